The molecule has 2 heteroatoms. The van der Waals surface area contributed by atoms with E-state index in [1.54, 1.807) is 0 Å². The van der Waals surface area contributed by atoms with Gasteiger partial charge in [-0.1, -0.05) is 13.8 Å². The molecule has 0 saturated heterocycles. The number of anilines is 1. The molecule has 0 aliphatic rings. The second-order valence-corrected chi connectivity index (χ2v) is 4.38. The van der Waals surface area contributed by atoms with E-state index in [1.165, 1.54) is 14.8 Å². The van der Waals surface area contributed by atoms with Gasteiger partial charge in [-0.05, 0) is 52.3 Å². The van der Waals surface area contributed by atoms with Crippen molar-refractivity contribution in [3.05, 3.63) is 27.3 Å². The van der Waals surface area contributed by atoms with Crippen molar-refractivity contribution >= 4 is 28.3 Å². The summed E-state index contributed by atoms with van der Waals surface area (Å²) >= 11 is 2.34. The maximum absolute atomic E-state index is 3.20. The van der Waals surface area contributed by atoms with E-state index < -0.39 is 0 Å². The van der Waals surface area contributed by atoms with Gasteiger partial charge in [0.15, 0.2) is 0 Å². The van der Waals surface area contributed by atoms with E-state index in [-0.39, 0.29) is 0 Å². The van der Waals surface area contributed by atoms with E-state index in [0.717, 1.165) is 0 Å². The first-order valence-corrected chi connectivity index (χ1v) is 5.20. The molecule has 0 spiro atoms. The van der Waals surface area contributed by atoms with Gasteiger partial charge < -0.3 is 5.32 Å². The van der Waals surface area contributed by atoms with Crippen molar-refractivity contribution in [2.24, 2.45) is 0 Å². The quantitative estimate of drug-likeness (QED) is 0.815. The summed E-state index contributed by atoms with van der Waals surface area (Å²) in [5.74, 6) is 0.585. The van der Waals surface area contributed by atoms with E-state index in [9.17, 15) is 0 Å². The molecule has 0 aliphatic carbocycles. The standard InChI is InChI=1S/C10H14IN/c1-7(2)9-6-8(11)4-5-10(9)12-3/h4-7,12H,1-3H3. The van der Waals surface area contributed by atoms with Gasteiger partial charge in [0.2, 0.25) is 0 Å². The molecule has 66 valence electrons. The first-order valence-electron chi connectivity index (χ1n) is 4.12. The topological polar surface area (TPSA) is 12.0 Å². The lowest BCUT2D eigenvalue weighted by Gasteiger charge is -2.12. The van der Waals surface area contributed by atoms with Crippen LogP contribution in [0.3, 0.4) is 0 Å². The minimum absolute atomic E-state index is 0.585. The van der Waals surface area contributed by atoms with E-state index in [2.05, 4.69) is 60.0 Å². The van der Waals surface area contributed by atoms with E-state index in [1.807, 2.05) is 7.05 Å². The third-order valence-electron chi connectivity index (χ3n) is 1.90. The lowest BCUT2D eigenvalue weighted by atomic mass is 10.0. The second kappa shape index (κ2) is 4.12. The maximum atomic E-state index is 3.20. The summed E-state index contributed by atoms with van der Waals surface area (Å²) in [4.78, 5) is 0. The largest absolute Gasteiger partial charge is 0.388 e. The number of benzene rings is 1. The third kappa shape index (κ3) is 2.12. The van der Waals surface area contributed by atoms with E-state index in [4.69, 9.17) is 0 Å². The van der Waals surface area contributed by atoms with Crippen molar-refractivity contribution in [1.29, 1.82) is 0 Å². The zero-order chi connectivity index (χ0) is 9.14. The highest BCUT2D eigenvalue weighted by Gasteiger charge is 2.04. The highest BCUT2D eigenvalue weighted by atomic mass is 127. The number of rotatable bonds is 2. The van der Waals surface area contributed by atoms with Gasteiger partial charge >= 0.3 is 0 Å². The molecule has 0 saturated carbocycles. The van der Waals surface area contributed by atoms with Crippen molar-refractivity contribution in [2.45, 2.75) is 19.8 Å². The molecule has 0 atom stereocenters. The zero-order valence-electron chi connectivity index (χ0n) is 7.69. The first kappa shape index (κ1) is 9.84. The predicted octanol–water partition coefficient (Wildman–Crippen LogP) is 3.46. The fraction of sp³-hybridized carbons (Fsp3) is 0.400. The Labute approximate surface area is 87.7 Å². The summed E-state index contributed by atoms with van der Waals surface area (Å²) in [6.07, 6.45) is 0. The normalized spacial score (nSPS) is 10.4. The molecule has 12 heavy (non-hydrogen) atoms. The van der Waals surface area contributed by atoms with Crippen LogP contribution in [0.5, 0.6) is 0 Å². The van der Waals surface area contributed by atoms with Gasteiger partial charge in [-0.15, -0.1) is 0 Å². The molecule has 0 fully saturated rings. The van der Waals surface area contributed by atoms with Gasteiger partial charge in [0.25, 0.3) is 0 Å². The minimum atomic E-state index is 0.585. The van der Waals surface area contributed by atoms with Gasteiger partial charge in [-0.25, -0.2) is 0 Å². The molecule has 0 bridgehead atoms. The second-order valence-electron chi connectivity index (χ2n) is 3.14. The van der Waals surface area contributed by atoms with Crippen LogP contribution in [0.15, 0.2) is 18.2 Å². The summed E-state index contributed by atoms with van der Waals surface area (Å²) in [6.45, 7) is 4.43. The van der Waals surface area contributed by atoms with Crippen LogP contribution in [-0.2, 0) is 0 Å². The molecule has 0 aromatic heterocycles. The zero-order valence-corrected chi connectivity index (χ0v) is 9.84. The Morgan fingerprint density at radius 2 is 2.00 bits per heavy atom. The molecule has 0 aliphatic heterocycles. The van der Waals surface area contributed by atoms with Crippen LogP contribution in [0.25, 0.3) is 0 Å². The Morgan fingerprint density at radius 3 is 2.50 bits per heavy atom. The van der Waals surface area contributed by atoms with Gasteiger partial charge in [-0.3, -0.25) is 0 Å². The Morgan fingerprint density at radius 1 is 1.33 bits per heavy atom. The van der Waals surface area contributed by atoms with Crippen molar-refractivity contribution in [3.8, 4) is 0 Å². The summed E-state index contributed by atoms with van der Waals surface area (Å²) in [6, 6.07) is 6.49. The molecule has 0 unspecified atom stereocenters. The Kier molecular flexibility index (Phi) is 3.38. The summed E-state index contributed by atoms with van der Waals surface area (Å²) < 4.78 is 1.30. The van der Waals surface area contributed by atoms with E-state index in [0.29, 0.717) is 5.92 Å². The lowest BCUT2D eigenvalue weighted by molar-refractivity contribution is 0.867. The number of halogens is 1. The van der Waals surface area contributed by atoms with Crippen LogP contribution in [-0.4, -0.2) is 7.05 Å². The van der Waals surface area contributed by atoms with Crippen LogP contribution in [0, 0.1) is 3.57 Å². The van der Waals surface area contributed by atoms with Crippen LogP contribution in [0.1, 0.15) is 25.3 Å². The van der Waals surface area contributed by atoms with Gasteiger partial charge in [0.1, 0.15) is 0 Å². The van der Waals surface area contributed by atoms with E-state index >= 15 is 0 Å². The molecule has 1 aromatic carbocycles. The predicted molar refractivity (Wildman–Crippen MR) is 62.8 cm³/mol. The van der Waals surface area contributed by atoms with Crippen molar-refractivity contribution in [3.63, 3.8) is 0 Å². The van der Waals surface area contributed by atoms with Crippen molar-refractivity contribution < 1.29 is 0 Å². The fourth-order valence-electron chi connectivity index (χ4n) is 1.24. The van der Waals surface area contributed by atoms with Crippen LogP contribution < -0.4 is 5.32 Å². The fourth-order valence-corrected chi connectivity index (χ4v) is 1.75. The summed E-state index contributed by atoms with van der Waals surface area (Å²) in [5, 5.41) is 3.20. The van der Waals surface area contributed by atoms with Gasteiger partial charge in [-0.2, -0.15) is 0 Å². The minimum Gasteiger partial charge on any atom is -0.388 e. The number of hydrogen-bond acceptors (Lipinski definition) is 1. The molecule has 0 amide bonds. The Bertz CT molecular complexity index is 269. The number of nitrogens with one attached hydrogen (secondary N) is 1. The average molecular weight is 275 g/mol. The third-order valence-corrected chi connectivity index (χ3v) is 2.58. The Balaban J connectivity index is 3.12. The molecule has 0 radical (unpaired) electrons. The number of hydrogen-bond donors (Lipinski definition) is 1. The molecule has 1 N–H and O–H groups in total. The SMILES string of the molecule is CNc1ccc(I)cc1C(C)C. The van der Waals surface area contributed by atoms with Crippen molar-refractivity contribution in [2.75, 3.05) is 12.4 Å². The maximum Gasteiger partial charge on any atom is 0.0373 e. The molecule has 1 nitrogen and oxygen atoms in total. The molecular weight excluding hydrogens is 261 g/mol. The molecular formula is C10H14IN. The monoisotopic (exact) mass is 275 g/mol. The smallest absolute Gasteiger partial charge is 0.0373 e. The summed E-state index contributed by atoms with van der Waals surface area (Å²) in [5.41, 5.74) is 2.63. The molecule has 0 heterocycles. The van der Waals surface area contributed by atoms with Crippen molar-refractivity contribution in [1.82, 2.24) is 0 Å². The molecule has 1 rings (SSSR count). The highest BCUT2D eigenvalue weighted by Crippen LogP contribution is 2.25. The average Bonchev–Trinajstić information content (AvgIpc) is 2.04. The van der Waals surface area contributed by atoms with Crippen LogP contribution in [0.4, 0.5) is 5.69 Å². The van der Waals surface area contributed by atoms with Gasteiger partial charge in [0, 0.05) is 16.3 Å². The summed E-state index contributed by atoms with van der Waals surface area (Å²) in [7, 11) is 1.97. The van der Waals surface area contributed by atoms with Crippen LogP contribution >= 0.6 is 22.6 Å². The lowest BCUT2D eigenvalue weighted by Crippen LogP contribution is -1.97. The molecule has 1 aromatic rings. The van der Waals surface area contributed by atoms with Crippen LogP contribution in [0.2, 0.25) is 0 Å². The first-order chi connectivity index (χ1) is 5.65. The Hall–Kier alpha value is -0.250. The van der Waals surface area contributed by atoms with Gasteiger partial charge in [0.05, 0.1) is 0 Å². The highest BCUT2D eigenvalue weighted by molar-refractivity contribution is 14.1.